The summed E-state index contributed by atoms with van der Waals surface area (Å²) in [6.07, 6.45) is 1.66. The third kappa shape index (κ3) is 1.66. The Labute approximate surface area is 84.5 Å². The number of aromatic nitrogens is 1. The van der Waals surface area contributed by atoms with E-state index in [0.717, 1.165) is 9.88 Å². The standard InChI is InChI=1S/C8H9N3O2S/c1-4-9-2-5(14-4)7-8(13)11-6(12)3-10-7/h2,7,10H,3H2,1H3,(H,11,12,13). The summed E-state index contributed by atoms with van der Waals surface area (Å²) in [6, 6.07) is -0.432. The molecule has 0 radical (unpaired) electrons. The molecule has 5 nitrogen and oxygen atoms in total. The van der Waals surface area contributed by atoms with E-state index in [1.165, 1.54) is 11.3 Å². The first kappa shape index (κ1) is 9.29. The number of nitrogens with one attached hydrogen (secondary N) is 2. The van der Waals surface area contributed by atoms with Crippen molar-refractivity contribution in [3.63, 3.8) is 0 Å². The van der Waals surface area contributed by atoms with Crippen molar-refractivity contribution >= 4 is 23.2 Å². The van der Waals surface area contributed by atoms with Gasteiger partial charge in [-0.25, -0.2) is 4.98 Å². The van der Waals surface area contributed by atoms with Crippen molar-refractivity contribution in [1.29, 1.82) is 0 Å². The summed E-state index contributed by atoms with van der Waals surface area (Å²) in [5.41, 5.74) is 0. The number of aryl methyl sites for hydroxylation is 1. The zero-order valence-electron chi connectivity index (χ0n) is 7.53. The fraction of sp³-hybridized carbons (Fsp3) is 0.375. The van der Waals surface area contributed by atoms with Crippen LogP contribution in [-0.2, 0) is 9.59 Å². The maximum absolute atomic E-state index is 11.4. The zero-order valence-corrected chi connectivity index (χ0v) is 8.35. The van der Waals surface area contributed by atoms with Crippen molar-refractivity contribution in [2.24, 2.45) is 0 Å². The lowest BCUT2D eigenvalue weighted by Crippen LogP contribution is -2.50. The van der Waals surface area contributed by atoms with Gasteiger partial charge in [-0.1, -0.05) is 0 Å². The first-order chi connectivity index (χ1) is 6.66. The third-order valence-corrected chi connectivity index (χ3v) is 2.89. The number of nitrogens with zero attached hydrogens (tertiary/aromatic N) is 1. The summed E-state index contributed by atoms with van der Waals surface area (Å²) in [5.74, 6) is -0.586. The van der Waals surface area contributed by atoms with E-state index in [0.29, 0.717) is 0 Å². The molecule has 6 heteroatoms. The summed E-state index contributed by atoms with van der Waals surface area (Å²) in [6.45, 7) is 2.05. The van der Waals surface area contributed by atoms with Crippen LogP contribution >= 0.6 is 11.3 Å². The van der Waals surface area contributed by atoms with Gasteiger partial charge in [0.2, 0.25) is 11.8 Å². The minimum Gasteiger partial charge on any atom is -0.294 e. The van der Waals surface area contributed by atoms with Crippen LogP contribution in [0.15, 0.2) is 6.20 Å². The number of amides is 2. The number of rotatable bonds is 1. The number of hydrogen-bond acceptors (Lipinski definition) is 5. The van der Waals surface area contributed by atoms with Crippen LogP contribution in [0.4, 0.5) is 0 Å². The van der Waals surface area contributed by atoms with Crippen molar-refractivity contribution in [3.05, 3.63) is 16.1 Å². The van der Waals surface area contributed by atoms with E-state index in [4.69, 9.17) is 0 Å². The molecule has 74 valence electrons. The molecule has 1 aliphatic rings. The van der Waals surface area contributed by atoms with Crippen LogP contribution in [-0.4, -0.2) is 23.3 Å². The maximum atomic E-state index is 11.4. The summed E-state index contributed by atoms with van der Waals surface area (Å²) in [7, 11) is 0. The minimum atomic E-state index is -0.432. The molecule has 0 saturated carbocycles. The normalized spacial score (nSPS) is 22.2. The SMILES string of the molecule is Cc1ncc(C2NCC(=O)NC2=O)s1. The van der Waals surface area contributed by atoms with Crippen LogP contribution in [0, 0.1) is 6.92 Å². The van der Waals surface area contributed by atoms with Crippen LogP contribution in [0.5, 0.6) is 0 Å². The molecule has 1 fully saturated rings. The van der Waals surface area contributed by atoms with Gasteiger partial charge in [-0.2, -0.15) is 0 Å². The molecule has 1 atom stereocenters. The fourth-order valence-electron chi connectivity index (χ4n) is 1.28. The molecule has 0 bridgehead atoms. The molecule has 1 aromatic rings. The summed E-state index contributed by atoms with van der Waals surface area (Å²) in [5, 5.41) is 6.04. The number of carbonyl (C=O) groups excluding carboxylic acids is 2. The second-order valence-corrected chi connectivity index (χ2v) is 4.27. The molecule has 0 aliphatic carbocycles. The quantitative estimate of drug-likeness (QED) is 0.628. The molecule has 2 N–H and O–H groups in total. The molecule has 2 amide bonds. The molecule has 2 heterocycles. The van der Waals surface area contributed by atoms with Crippen LogP contribution in [0.25, 0.3) is 0 Å². The van der Waals surface area contributed by atoms with Gasteiger partial charge in [0.15, 0.2) is 0 Å². The van der Waals surface area contributed by atoms with Crippen molar-refractivity contribution in [2.75, 3.05) is 6.54 Å². The molecule has 1 aromatic heterocycles. The molecule has 1 unspecified atom stereocenters. The Hall–Kier alpha value is -1.27. The highest BCUT2D eigenvalue weighted by atomic mass is 32.1. The van der Waals surface area contributed by atoms with Gasteiger partial charge in [0, 0.05) is 6.20 Å². The summed E-state index contributed by atoms with van der Waals surface area (Å²) >= 11 is 1.45. The molecular formula is C8H9N3O2S. The number of hydrogen-bond donors (Lipinski definition) is 2. The van der Waals surface area contributed by atoms with E-state index in [2.05, 4.69) is 15.6 Å². The fourth-order valence-corrected chi connectivity index (χ4v) is 2.14. The van der Waals surface area contributed by atoms with E-state index in [9.17, 15) is 9.59 Å². The van der Waals surface area contributed by atoms with Crippen molar-refractivity contribution < 1.29 is 9.59 Å². The van der Waals surface area contributed by atoms with Gasteiger partial charge in [-0.3, -0.25) is 20.2 Å². The predicted molar refractivity (Wildman–Crippen MR) is 50.7 cm³/mol. The Morgan fingerprint density at radius 3 is 2.93 bits per heavy atom. The van der Waals surface area contributed by atoms with Gasteiger partial charge < -0.3 is 0 Å². The van der Waals surface area contributed by atoms with Crippen molar-refractivity contribution in [3.8, 4) is 0 Å². The van der Waals surface area contributed by atoms with E-state index >= 15 is 0 Å². The Bertz CT molecular complexity index is 388. The van der Waals surface area contributed by atoms with Gasteiger partial charge in [0.1, 0.15) is 6.04 Å². The second-order valence-electron chi connectivity index (χ2n) is 3.01. The van der Waals surface area contributed by atoms with Gasteiger partial charge in [0.25, 0.3) is 0 Å². The van der Waals surface area contributed by atoms with E-state index < -0.39 is 6.04 Å². The van der Waals surface area contributed by atoms with Gasteiger partial charge in [0.05, 0.1) is 16.4 Å². The Kier molecular flexibility index (Phi) is 2.30. The topological polar surface area (TPSA) is 71.1 Å². The van der Waals surface area contributed by atoms with Crippen LogP contribution in [0.3, 0.4) is 0 Å². The average Bonchev–Trinajstić information content (AvgIpc) is 2.51. The smallest absolute Gasteiger partial charge is 0.249 e. The van der Waals surface area contributed by atoms with Crippen LogP contribution < -0.4 is 10.6 Å². The van der Waals surface area contributed by atoms with Gasteiger partial charge >= 0.3 is 0 Å². The zero-order chi connectivity index (χ0) is 10.1. The average molecular weight is 211 g/mol. The summed E-state index contributed by atoms with van der Waals surface area (Å²) < 4.78 is 0. The second kappa shape index (κ2) is 3.47. The summed E-state index contributed by atoms with van der Waals surface area (Å²) in [4.78, 5) is 27.1. The Balaban J connectivity index is 2.19. The number of imide groups is 1. The van der Waals surface area contributed by atoms with Crippen molar-refractivity contribution in [2.45, 2.75) is 13.0 Å². The maximum Gasteiger partial charge on any atom is 0.249 e. The molecule has 0 aromatic carbocycles. The first-order valence-electron chi connectivity index (χ1n) is 4.16. The highest BCUT2D eigenvalue weighted by molar-refractivity contribution is 7.11. The largest absolute Gasteiger partial charge is 0.294 e. The van der Waals surface area contributed by atoms with Crippen LogP contribution in [0.2, 0.25) is 0 Å². The highest BCUT2D eigenvalue weighted by Crippen LogP contribution is 2.21. The lowest BCUT2D eigenvalue weighted by Gasteiger charge is -2.20. The van der Waals surface area contributed by atoms with Crippen LogP contribution in [0.1, 0.15) is 15.9 Å². The first-order valence-corrected chi connectivity index (χ1v) is 4.98. The molecular weight excluding hydrogens is 202 g/mol. The Morgan fingerprint density at radius 2 is 2.36 bits per heavy atom. The molecule has 0 spiro atoms. The minimum absolute atomic E-state index is 0.174. The van der Waals surface area contributed by atoms with Gasteiger partial charge in [-0.05, 0) is 6.92 Å². The third-order valence-electron chi connectivity index (χ3n) is 1.92. The number of carbonyl (C=O) groups is 2. The molecule has 2 rings (SSSR count). The van der Waals surface area contributed by atoms with Crippen molar-refractivity contribution in [1.82, 2.24) is 15.6 Å². The van der Waals surface area contributed by atoms with E-state index in [1.54, 1.807) is 6.20 Å². The number of piperazine rings is 1. The molecule has 1 aliphatic heterocycles. The van der Waals surface area contributed by atoms with E-state index in [-0.39, 0.29) is 18.4 Å². The predicted octanol–water partition coefficient (Wildman–Crippen LogP) is -0.261. The monoisotopic (exact) mass is 211 g/mol. The lowest BCUT2D eigenvalue weighted by molar-refractivity contribution is -0.134. The number of thiazole rings is 1. The Morgan fingerprint density at radius 1 is 1.57 bits per heavy atom. The molecule has 14 heavy (non-hydrogen) atoms. The van der Waals surface area contributed by atoms with Gasteiger partial charge in [-0.15, -0.1) is 11.3 Å². The molecule has 1 saturated heterocycles. The lowest BCUT2D eigenvalue weighted by atomic mass is 10.2. The van der Waals surface area contributed by atoms with E-state index in [1.807, 2.05) is 6.92 Å². The highest BCUT2D eigenvalue weighted by Gasteiger charge is 2.28.